The Balaban J connectivity index is 2.18. The summed E-state index contributed by atoms with van der Waals surface area (Å²) in [6.07, 6.45) is 3.03. The number of nitrogens with zero attached hydrogens (tertiary/aromatic N) is 4. The highest BCUT2D eigenvalue weighted by atomic mass is 16.4. The lowest BCUT2D eigenvalue weighted by Gasteiger charge is -2.36. The third-order valence-corrected chi connectivity index (χ3v) is 3.51. The number of hydrogen-bond acceptors (Lipinski definition) is 5. The van der Waals surface area contributed by atoms with Crippen molar-refractivity contribution in [1.82, 2.24) is 20.2 Å². The Morgan fingerprint density at radius 3 is 2.65 bits per heavy atom. The molecule has 7 heteroatoms. The molecule has 17 heavy (non-hydrogen) atoms. The van der Waals surface area contributed by atoms with Crippen molar-refractivity contribution in [2.75, 3.05) is 5.32 Å². The van der Waals surface area contributed by atoms with Crippen LogP contribution in [0.3, 0.4) is 0 Å². The van der Waals surface area contributed by atoms with Gasteiger partial charge in [0.1, 0.15) is 5.54 Å². The minimum atomic E-state index is -0.922. The molecule has 1 aliphatic rings. The lowest BCUT2D eigenvalue weighted by molar-refractivity contribution is -0.143. The Hall–Kier alpha value is -1.66. The first-order valence-electron chi connectivity index (χ1n) is 5.77. The molecule has 0 saturated heterocycles. The van der Waals surface area contributed by atoms with Gasteiger partial charge in [0.15, 0.2) is 0 Å². The van der Waals surface area contributed by atoms with Crippen LogP contribution in [0.4, 0.5) is 5.95 Å². The zero-order valence-electron chi connectivity index (χ0n) is 10.1. The van der Waals surface area contributed by atoms with Crippen molar-refractivity contribution in [2.45, 2.75) is 38.1 Å². The van der Waals surface area contributed by atoms with Gasteiger partial charge in [-0.1, -0.05) is 12.0 Å². The van der Waals surface area contributed by atoms with E-state index in [1.807, 2.05) is 0 Å². The van der Waals surface area contributed by atoms with E-state index in [4.69, 9.17) is 0 Å². The van der Waals surface area contributed by atoms with E-state index >= 15 is 0 Å². The number of aryl methyl sites for hydroxylation is 1. The first-order valence-corrected chi connectivity index (χ1v) is 5.77. The number of rotatable bonds is 3. The van der Waals surface area contributed by atoms with Crippen LogP contribution in [-0.2, 0) is 11.8 Å². The Labute approximate surface area is 99.2 Å². The van der Waals surface area contributed by atoms with Crippen LogP contribution in [0.15, 0.2) is 0 Å². The van der Waals surface area contributed by atoms with Crippen LogP contribution in [0.5, 0.6) is 0 Å². The molecule has 0 atom stereocenters. The van der Waals surface area contributed by atoms with Crippen LogP contribution in [0.25, 0.3) is 0 Å². The summed E-state index contributed by atoms with van der Waals surface area (Å²) in [5, 5.41) is 23.4. The van der Waals surface area contributed by atoms with Gasteiger partial charge < -0.3 is 10.4 Å². The number of hydrogen-bond donors (Lipinski definition) is 2. The van der Waals surface area contributed by atoms with Crippen LogP contribution in [-0.4, -0.2) is 36.8 Å². The summed E-state index contributed by atoms with van der Waals surface area (Å²) in [4.78, 5) is 11.5. The van der Waals surface area contributed by atoms with Crippen LogP contribution < -0.4 is 5.32 Å². The van der Waals surface area contributed by atoms with Gasteiger partial charge in [0.05, 0.1) is 0 Å². The zero-order valence-corrected chi connectivity index (χ0v) is 10.1. The summed E-state index contributed by atoms with van der Waals surface area (Å²) in [7, 11) is 1.68. The molecular weight excluding hydrogens is 222 g/mol. The number of carbonyl (C=O) groups is 1. The zero-order chi connectivity index (χ0) is 12.5. The second-order valence-electron chi connectivity index (χ2n) is 4.82. The number of aromatic nitrogens is 4. The van der Waals surface area contributed by atoms with Crippen molar-refractivity contribution in [3.63, 3.8) is 0 Å². The molecule has 2 rings (SSSR count). The molecule has 7 nitrogen and oxygen atoms in total. The van der Waals surface area contributed by atoms with Gasteiger partial charge in [-0.05, 0) is 42.0 Å². The Kier molecular flexibility index (Phi) is 2.99. The van der Waals surface area contributed by atoms with Gasteiger partial charge in [-0.15, -0.1) is 0 Å². The Morgan fingerprint density at radius 1 is 1.53 bits per heavy atom. The molecule has 0 aromatic carbocycles. The minimum absolute atomic E-state index is 0.405. The molecule has 1 heterocycles. The summed E-state index contributed by atoms with van der Waals surface area (Å²) in [6.45, 7) is 2.15. The van der Waals surface area contributed by atoms with E-state index in [9.17, 15) is 9.90 Å². The van der Waals surface area contributed by atoms with Gasteiger partial charge in [-0.3, -0.25) is 0 Å². The number of carboxylic acids is 1. The van der Waals surface area contributed by atoms with Crippen molar-refractivity contribution >= 4 is 11.9 Å². The van der Waals surface area contributed by atoms with E-state index in [1.165, 1.54) is 4.68 Å². The lowest BCUT2D eigenvalue weighted by Crippen LogP contribution is -2.49. The minimum Gasteiger partial charge on any atom is -0.480 e. The summed E-state index contributed by atoms with van der Waals surface area (Å²) in [6, 6.07) is 0. The molecule has 1 aromatic rings. The molecule has 0 amide bonds. The molecule has 1 saturated carbocycles. The molecular formula is C10H17N5O2. The van der Waals surface area contributed by atoms with Crippen LogP contribution in [0, 0.1) is 5.92 Å². The molecule has 0 aliphatic heterocycles. The number of tetrazole rings is 1. The first-order chi connectivity index (χ1) is 8.03. The smallest absolute Gasteiger partial charge is 0.329 e. The summed E-state index contributed by atoms with van der Waals surface area (Å²) >= 11 is 0. The van der Waals surface area contributed by atoms with Crippen molar-refractivity contribution in [1.29, 1.82) is 0 Å². The molecule has 0 unspecified atom stereocenters. The molecule has 2 N–H and O–H groups in total. The van der Waals surface area contributed by atoms with Crippen molar-refractivity contribution in [3.05, 3.63) is 0 Å². The normalized spacial score (nSPS) is 28.9. The average Bonchev–Trinajstić information content (AvgIpc) is 2.68. The maximum atomic E-state index is 11.5. The molecule has 0 spiro atoms. The van der Waals surface area contributed by atoms with Gasteiger partial charge in [-0.25, -0.2) is 9.48 Å². The lowest BCUT2D eigenvalue weighted by atomic mass is 9.77. The predicted octanol–water partition coefficient (Wildman–Crippen LogP) is 0.655. The third-order valence-electron chi connectivity index (χ3n) is 3.51. The summed E-state index contributed by atoms with van der Waals surface area (Å²) < 4.78 is 1.45. The second-order valence-corrected chi connectivity index (χ2v) is 4.82. The Bertz CT molecular complexity index is 409. The van der Waals surface area contributed by atoms with Gasteiger partial charge in [0, 0.05) is 7.05 Å². The monoisotopic (exact) mass is 239 g/mol. The van der Waals surface area contributed by atoms with E-state index < -0.39 is 11.5 Å². The molecule has 1 aromatic heterocycles. The van der Waals surface area contributed by atoms with E-state index in [-0.39, 0.29) is 0 Å². The van der Waals surface area contributed by atoms with Gasteiger partial charge in [0.2, 0.25) is 5.95 Å². The number of aliphatic carboxylic acids is 1. The highest BCUT2D eigenvalue weighted by Gasteiger charge is 2.42. The third kappa shape index (κ3) is 2.22. The van der Waals surface area contributed by atoms with Crippen LogP contribution in [0.1, 0.15) is 32.6 Å². The van der Waals surface area contributed by atoms with E-state index in [1.54, 1.807) is 7.05 Å². The quantitative estimate of drug-likeness (QED) is 0.804. The summed E-state index contributed by atoms with van der Waals surface area (Å²) in [5.74, 6) is 0.163. The molecule has 1 fully saturated rings. The van der Waals surface area contributed by atoms with E-state index in [0.29, 0.717) is 24.7 Å². The van der Waals surface area contributed by atoms with Crippen LogP contribution in [0.2, 0.25) is 0 Å². The van der Waals surface area contributed by atoms with Gasteiger partial charge >= 0.3 is 5.97 Å². The number of nitrogens with one attached hydrogen (secondary N) is 1. The van der Waals surface area contributed by atoms with Crippen molar-refractivity contribution in [3.8, 4) is 0 Å². The maximum absolute atomic E-state index is 11.5. The molecule has 1 aliphatic carbocycles. The van der Waals surface area contributed by atoms with E-state index in [2.05, 4.69) is 27.8 Å². The second kappa shape index (κ2) is 4.31. The van der Waals surface area contributed by atoms with Crippen molar-refractivity contribution in [2.24, 2.45) is 13.0 Å². The first kappa shape index (κ1) is 11.8. The summed E-state index contributed by atoms with van der Waals surface area (Å²) in [5.41, 5.74) is -0.922. The average molecular weight is 239 g/mol. The van der Waals surface area contributed by atoms with E-state index in [0.717, 1.165) is 12.8 Å². The fourth-order valence-electron chi connectivity index (χ4n) is 2.20. The molecule has 94 valence electrons. The highest BCUT2D eigenvalue weighted by Crippen LogP contribution is 2.34. The number of anilines is 1. The fourth-order valence-corrected chi connectivity index (χ4v) is 2.20. The van der Waals surface area contributed by atoms with Gasteiger partial charge in [-0.2, -0.15) is 0 Å². The van der Waals surface area contributed by atoms with Gasteiger partial charge in [0.25, 0.3) is 0 Å². The predicted molar refractivity (Wildman–Crippen MR) is 60.4 cm³/mol. The largest absolute Gasteiger partial charge is 0.480 e. The topological polar surface area (TPSA) is 92.9 Å². The molecule has 0 radical (unpaired) electrons. The fraction of sp³-hybridized carbons (Fsp3) is 0.800. The standard InChI is InChI=1S/C10H17N5O2/c1-7-3-5-10(6-4-7,8(16)17)11-9-12-13-14-15(9)2/h7H,3-6H2,1-2H3,(H,16,17)(H,11,12,14). The molecule has 0 bridgehead atoms. The Morgan fingerprint density at radius 2 is 2.18 bits per heavy atom. The van der Waals surface area contributed by atoms with Crippen LogP contribution >= 0.6 is 0 Å². The highest BCUT2D eigenvalue weighted by molar-refractivity contribution is 5.82. The SMILES string of the molecule is CC1CCC(Nc2nnnn2C)(C(=O)O)CC1. The van der Waals surface area contributed by atoms with Crippen molar-refractivity contribution < 1.29 is 9.90 Å². The number of carboxylic acid groups (broad SMARTS) is 1. The maximum Gasteiger partial charge on any atom is 0.329 e.